The zero-order valence-corrected chi connectivity index (χ0v) is 11.6. The molecule has 2 rings (SSSR count). The van der Waals surface area contributed by atoms with Crippen LogP contribution < -0.4 is 10.4 Å². The highest BCUT2D eigenvalue weighted by Crippen LogP contribution is 2.22. The smallest absolute Gasteiger partial charge is 0.291 e. The van der Waals surface area contributed by atoms with Gasteiger partial charge in [0.05, 0.1) is 11.7 Å². The maximum Gasteiger partial charge on any atom is 0.291 e. The van der Waals surface area contributed by atoms with Gasteiger partial charge in [0, 0.05) is 10.6 Å². The van der Waals surface area contributed by atoms with Gasteiger partial charge in [0.25, 0.3) is 5.91 Å². The highest BCUT2D eigenvalue weighted by molar-refractivity contribution is 9.10. The van der Waals surface area contributed by atoms with Crippen molar-refractivity contribution in [2.75, 3.05) is 5.32 Å². The van der Waals surface area contributed by atoms with Crippen LogP contribution in [0.25, 0.3) is 0 Å². The Bertz CT molecular complexity index is 653. The standard InChI is InChI=1S/C12H7BrClNO4/c13-10-4-3-9(19-10)11(16)15-8-5-6(14)1-2-7(8)12(17)18/h1-5H,(H,15,16)(H,17,18)/p-1. The molecule has 0 aliphatic heterocycles. The van der Waals surface area contributed by atoms with E-state index in [-0.39, 0.29) is 17.0 Å². The second-order valence-electron chi connectivity index (χ2n) is 3.54. The average molecular weight is 344 g/mol. The molecule has 1 aromatic carbocycles. The van der Waals surface area contributed by atoms with Gasteiger partial charge in [-0.15, -0.1) is 0 Å². The van der Waals surface area contributed by atoms with Crippen LogP contribution in [0.1, 0.15) is 20.9 Å². The van der Waals surface area contributed by atoms with E-state index in [2.05, 4.69) is 21.2 Å². The van der Waals surface area contributed by atoms with Crippen LogP contribution in [0.4, 0.5) is 5.69 Å². The molecule has 1 heterocycles. The topological polar surface area (TPSA) is 82.4 Å². The number of amides is 1. The fourth-order valence-corrected chi connectivity index (χ4v) is 1.90. The summed E-state index contributed by atoms with van der Waals surface area (Å²) in [6.07, 6.45) is 0. The third-order valence-electron chi connectivity index (χ3n) is 2.25. The molecule has 98 valence electrons. The van der Waals surface area contributed by atoms with Crippen LogP contribution in [0.2, 0.25) is 5.02 Å². The third kappa shape index (κ3) is 3.15. The average Bonchev–Trinajstić information content (AvgIpc) is 2.75. The quantitative estimate of drug-likeness (QED) is 0.927. The maximum atomic E-state index is 11.8. The van der Waals surface area contributed by atoms with Crippen LogP contribution in [-0.2, 0) is 0 Å². The summed E-state index contributed by atoms with van der Waals surface area (Å²) in [4.78, 5) is 22.8. The van der Waals surface area contributed by atoms with Crippen molar-refractivity contribution in [2.45, 2.75) is 0 Å². The van der Waals surface area contributed by atoms with E-state index in [0.29, 0.717) is 9.69 Å². The molecule has 0 bridgehead atoms. The Balaban J connectivity index is 2.30. The SMILES string of the molecule is O=C(Nc1cc(Cl)ccc1C(=O)[O-])c1ccc(Br)o1. The lowest BCUT2D eigenvalue weighted by atomic mass is 10.1. The van der Waals surface area contributed by atoms with Crippen LogP contribution in [-0.4, -0.2) is 11.9 Å². The summed E-state index contributed by atoms with van der Waals surface area (Å²) in [5.74, 6) is -1.96. The molecule has 1 amide bonds. The molecule has 2 aromatic rings. The fourth-order valence-electron chi connectivity index (χ4n) is 1.42. The lowest BCUT2D eigenvalue weighted by Crippen LogP contribution is -2.24. The van der Waals surface area contributed by atoms with Gasteiger partial charge in [-0.3, -0.25) is 4.79 Å². The van der Waals surface area contributed by atoms with Crippen LogP contribution >= 0.6 is 27.5 Å². The number of carboxylic acids is 1. The molecule has 0 saturated heterocycles. The number of furan rings is 1. The molecule has 0 fully saturated rings. The zero-order chi connectivity index (χ0) is 14.0. The molecular formula is C12H6BrClNO4-. The van der Waals surface area contributed by atoms with Gasteiger partial charge < -0.3 is 19.6 Å². The van der Waals surface area contributed by atoms with Crippen molar-refractivity contribution in [3.8, 4) is 0 Å². The Morgan fingerprint density at radius 3 is 2.58 bits per heavy atom. The third-order valence-corrected chi connectivity index (χ3v) is 2.91. The van der Waals surface area contributed by atoms with Crippen molar-refractivity contribution in [3.63, 3.8) is 0 Å². The highest BCUT2D eigenvalue weighted by Gasteiger charge is 2.13. The monoisotopic (exact) mass is 342 g/mol. The first-order valence-electron chi connectivity index (χ1n) is 5.05. The van der Waals surface area contributed by atoms with Crippen molar-refractivity contribution in [1.29, 1.82) is 0 Å². The molecule has 0 spiro atoms. The molecule has 19 heavy (non-hydrogen) atoms. The Morgan fingerprint density at radius 1 is 1.26 bits per heavy atom. The number of benzene rings is 1. The molecule has 0 saturated carbocycles. The number of anilines is 1. The number of hydrogen-bond donors (Lipinski definition) is 1. The van der Waals surface area contributed by atoms with E-state index >= 15 is 0 Å². The first-order chi connectivity index (χ1) is 8.97. The van der Waals surface area contributed by atoms with E-state index in [1.807, 2.05) is 0 Å². The van der Waals surface area contributed by atoms with Crippen molar-refractivity contribution in [2.24, 2.45) is 0 Å². The summed E-state index contributed by atoms with van der Waals surface area (Å²) >= 11 is 8.82. The van der Waals surface area contributed by atoms with E-state index in [1.165, 1.54) is 24.3 Å². The van der Waals surface area contributed by atoms with Gasteiger partial charge in [-0.1, -0.05) is 11.6 Å². The number of carbonyl (C=O) groups is 2. The first-order valence-corrected chi connectivity index (χ1v) is 6.22. The lowest BCUT2D eigenvalue weighted by molar-refractivity contribution is -0.254. The first kappa shape index (κ1) is 13.6. The van der Waals surface area contributed by atoms with E-state index in [9.17, 15) is 14.7 Å². The molecule has 0 aliphatic rings. The number of halogens is 2. The Kier molecular flexibility index (Phi) is 3.92. The van der Waals surface area contributed by atoms with Gasteiger partial charge in [0.2, 0.25) is 0 Å². The van der Waals surface area contributed by atoms with Crippen LogP contribution in [0, 0.1) is 0 Å². The van der Waals surface area contributed by atoms with Gasteiger partial charge in [-0.25, -0.2) is 0 Å². The van der Waals surface area contributed by atoms with E-state index in [1.54, 1.807) is 6.07 Å². The number of aromatic carboxylic acids is 1. The minimum Gasteiger partial charge on any atom is -0.545 e. The van der Waals surface area contributed by atoms with Gasteiger partial charge in [0.1, 0.15) is 0 Å². The summed E-state index contributed by atoms with van der Waals surface area (Å²) in [6, 6.07) is 6.97. The van der Waals surface area contributed by atoms with Crippen LogP contribution in [0.3, 0.4) is 0 Å². The molecule has 0 atom stereocenters. The van der Waals surface area contributed by atoms with Gasteiger partial charge in [-0.05, 0) is 46.3 Å². The van der Waals surface area contributed by atoms with Gasteiger partial charge >= 0.3 is 0 Å². The van der Waals surface area contributed by atoms with Crippen LogP contribution in [0.15, 0.2) is 39.4 Å². The summed E-state index contributed by atoms with van der Waals surface area (Å²) in [6.45, 7) is 0. The van der Waals surface area contributed by atoms with Gasteiger partial charge in [-0.2, -0.15) is 0 Å². The Morgan fingerprint density at radius 2 is 2.00 bits per heavy atom. The molecular weight excluding hydrogens is 337 g/mol. The predicted octanol–water partition coefficient (Wildman–Crippen LogP) is 2.31. The molecule has 7 heteroatoms. The molecule has 1 aromatic heterocycles. The molecule has 0 radical (unpaired) electrons. The number of carbonyl (C=O) groups excluding carboxylic acids is 2. The van der Waals surface area contributed by atoms with Crippen molar-refractivity contribution in [1.82, 2.24) is 0 Å². The largest absolute Gasteiger partial charge is 0.545 e. The molecule has 0 unspecified atom stereocenters. The maximum absolute atomic E-state index is 11.8. The van der Waals surface area contributed by atoms with Crippen molar-refractivity contribution in [3.05, 3.63) is 51.3 Å². The summed E-state index contributed by atoms with van der Waals surface area (Å²) in [5, 5.41) is 13.6. The summed E-state index contributed by atoms with van der Waals surface area (Å²) < 4.78 is 5.45. The summed E-state index contributed by atoms with van der Waals surface area (Å²) in [7, 11) is 0. The summed E-state index contributed by atoms with van der Waals surface area (Å²) in [5.41, 5.74) is -0.117. The minimum atomic E-state index is -1.41. The highest BCUT2D eigenvalue weighted by atomic mass is 79.9. The fraction of sp³-hybridized carbons (Fsp3) is 0. The normalized spacial score (nSPS) is 10.2. The Labute approximate surface area is 121 Å². The van der Waals surface area contributed by atoms with Gasteiger partial charge in [0.15, 0.2) is 10.4 Å². The number of nitrogens with one attached hydrogen (secondary N) is 1. The Hall–Kier alpha value is -1.79. The van der Waals surface area contributed by atoms with Crippen molar-refractivity contribution < 1.29 is 19.1 Å². The second kappa shape index (κ2) is 5.46. The molecule has 0 aliphatic carbocycles. The number of hydrogen-bond acceptors (Lipinski definition) is 4. The van der Waals surface area contributed by atoms with E-state index in [0.717, 1.165) is 0 Å². The zero-order valence-electron chi connectivity index (χ0n) is 9.28. The minimum absolute atomic E-state index is 0.0381. The molecule has 5 nitrogen and oxygen atoms in total. The van der Waals surface area contributed by atoms with E-state index in [4.69, 9.17) is 16.0 Å². The molecule has 1 N–H and O–H groups in total. The second-order valence-corrected chi connectivity index (χ2v) is 4.75. The van der Waals surface area contributed by atoms with Crippen LogP contribution in [0.5, 0.6) is 0 Å². The van der Waals surface area contributed by atoms with E-state index < -0.39 is 11.9 Å². The number of rotatable bonds is 3. The number of carboxylic acid groups (broad SMARTS) is 1. The predicted molar refractivity (Wildman–Crippen MR) is 70.1 cm³/mol. The van der Waals surface area contributed by atoms with Crippen molar-refractivity contribution >= 4 is 45.1 Å². The lowest BCUT2D eigenvalue weighted by Gasteiger charge is -2.11.